The molecule has 0 unspecified atom stereocenters. The van der Waals surface area contributed by atoms with Crippen LogP contribution in [-0.2, 0) is 19.1 Å². The Labute approximate surface area is 129 Å². The third-order valence-electron chi connectivity index (χ3n) is 2.48. The number of esters is 2. The highest BCUT2D eigenvalue weighted by molar-refractivity contribution is 6.30. The number of benzene rings is 1. The lowest BCUT2D eigenvalue weighted by atomic mass is 10.3. The van der Waals surface area contributed by atoms with Crippen molar-refractivity contribution in [1.29, 1.82) is 0 Å². The van der Waals surface area contributed by atoms with E-state index in [-0.39, 0.29) is 13.2 Å². The predicted molar refractivity (Wildman–Crippen MR) is 78.4 cm³/mol. The molecular weight excluding hydrogens is 296 g/mol. The second-order valence-electron chi connectivity index (χ2n) is 4.35. The van der Waals surface area contributed by atoms with Crippen molar-refractivity contribution >= 4 is 23.5 Å². The molecule has 0 radical (unpaired) electrons. The van der Waals surface area contributed by atoms with E-state index in [1.165, 1.54) is 6.07 Å². The van der Waals surface area contributed by atoms with Crippen molar-refractivity contribution in [3.05, 3.63) is 29.3 Å². The van der Waals surface area contributed by atoms with Crippen LogP contribution in [0.4, 0.5) is 0 Å². The van der Waals surface area contributed by atoms with Crippen LogP contribution in [0.15, 0.2) is 24.3 Å². The summed E-state index contributed by atoms with van der Waals surface area (Å²) in [5.74, 6) is -0.754. The summed E-state index contributed by atoms with van der Waals surface area (Å²) in [5, 5.41) is 0.469. The van der Waals surface area contributed by atoms with E-state index >= 15 is 0 Å². The lowest BCUT2D eigenvalue weighted by Gasteiger charge is -2.06. The number of rotatable bonds is 9. The molecule has 0 atom stereocenters. The molecule has 1 aromatic carbocycles. The molecular formula is C15H19ClO5. The van der Waals surface area contributed by atoms with Gasteiger partial charge in [0.1, 0.15) is 19.0 Å². The van der Waals surface area contributed by atoms with Crippen molar-refractivity contribution in [2.45, 2.75) is 26.2 Å². The third kappa shape index (κ3) is 8.32. The van der Waals surface area contributed by atoms with Crippen LogP contribution in [0.25, 0.3) is 0 Å². The van der Waals surface area contributed by atoms with Crippen LogP contribution in [-0.4, -0.2) is 31.8 Å². The quantitative estimate of drug-likeness (QED) is 0.398. The fourth-order valence-corrected chi connectivity index (χ4v) is 1.67. The summed E-state index contributed by atoms with van der Waals surface area (Å²) in [5.41, 5.74) is 0. The molecule has 0 aromatic heterocycles. The maximum Gasteiger partial charge on any atom is 0.337 e. The van der Waals surface area contributed by atoms with Gasteiger partial charge >= 0.3 is 11.9 Å². The molecule has 0 saturated carbocycles. The molecule has 0 amide bonds. The van der Waals surface area contributed by atoms with Crippen molar-refractivity contribution in [2.75, 3.05) is 19.8 Å². The molecule has 0 spiro atoms. The summed E-state index contributed by atoms with van der Waals surface area (Å²) < 4.78 is 14.9. The highest BCUT2D eigenvalue weighted by Gasteiger charge is 2.08. The SMILES string of the molecule is CCCCCOC(=O)COCC(=O)Oc1cccc(Cl)c1. The number of carbonyl (C=O) groups is 2. The topological polar surface area (TPSA) is 61.8 Å². The maximum atomic E-state index is 11.5. The normalized spacial score (nSPS) is 10.2. The van der Waals surface area contributed by atoms with Crippen LogP contribution < -0.4 is 4.74 Å². The minimum Gasteiger partial charge on any atom is -0.464 e. The molecule has 0 fully saturated rings. The van der Waals surface area contributed by atoms with Crippen molar-refractivity contribution in [2.24, 2.45) is 0 Å². The first kappa shape index (κ1) is 17.5. The van der Waals surface area contributed by atoms with E-state index in [1.807, 2.05) is 0 Å². The average Bonchev–Trinajstić information content (AvgIpc) is 2.43. The van der Waals surface area contributed by atoms with Gasteiger partial charge in [0.25, 0.3) is 0 Å². The van der Waals surface area contributed by atoms with Gasteiger partial charge in [0.05, 0.1) is 6.61 Å². The van der Waals surface area contributed by atoms with E-state index in [4.69, 9.17) is 25.8 Å². The Morgan fingerprint density at radius 1 is 1.14 bits per heavy atom. The molecule has 6 heteroatoms. The number of unbranched alkanes of at least 4 members (excludes halogenated alkanes) is 2. The summed E-state index contributed by atoms with van der Waals surface area (Å²) in [7, 11) is 0. The van der Waals surface area contributed by atoms with Gasteiger partial charge in [0.2, 0.25) is 0 Å². The number of carbonyl (C=O) groups excluding carboxylic acids is 2. The summed E-state index contributed by atoms with van der Waals surface area (Å²) >= 11 is 5.76. The first-order chi connectivity index (χ1) is 10.1. The molecule has 0 N–H and O–H groups in total. The van der Waals surface area contributed by atoms with Gasteiger partial charge in [-0.15, -0.1) is 0 Å². The Kier molecular flexibility index (Phi) is 8.47. The van der Waals surface area contributed by atoms with Crippen LogP contribution in [0.3, 0.4) is 0 Å². The van der Waals surface area contributed by atoms with Gasteiger partial charge in [-0.1, -0.05) is 37.4 Å². The van der Waals surface area contributed by atoms with Gasteiger partial charge in [0, 0.05) is 5.02 Å². The second kappa shape index (κ2) is 10.2. The van der Waals surface area contributed by atoms with Gasteiger partial charge in [-0.25, -0.2) is 9.59 Å². The number of halogens is 1. The van der Waals surface area contributed by atoms with Crippen LogP contribution in [0.1, 0.15) is 26.2 Å². The lowest BCUT2D eigenvalue weighted by molar-refractivity contribution is -0.152. The average molecular weight is 315 g/mol. The van der Waals surface area contributed by atoms with Gasteiger partial charge in [-0.3, -0.25) is 0 Å². The Balaban J connectivity index is 2.14. The minimum atomic E-state index is -0.601. The van der Waals surface area contributed by atoms with Crippen molar-refractivity contribution in [3.63, 3.8) is 0 Å². The molecule has 0 aliphatic rings. The van der Waals surface area contributed by atoms with Gasteiger partial charge in [0.15, 0.2) is 0 Å². The van der Waals surface area contributed by atoms with E-state index in [1.54, 1.807) is 18.2 Å². The molecule has 21 heavy (non-hydrogen) atoms. The second-order valence-corrected chi connectivity index (χ2v) is 4.79. The molecule has 0 bridgehead atoms. The van der Waals surface area contributed by atoms with Gasteiger partial charge in [-0.05, 0) is 24.6 Å². The van der Waals surface area contributed by atoms with Crippen molar-refractivity contribution in [3.8, 4) is 5.75 Å². The molecule has 1 aromatic rings. The van der Waals surface area contributed by atoms with E-state index in [0.717, 1.165) is 19.3 Å². The predicted octanol–water partition coefficient (Wildman–Crippen LogP) is 3.00. The Hall–Kier alpha value is -1.59. The van der Waals surface area contributed by atoms with Gasteiger partial charge in [-0.2, -0.15) is 0 Å². The highest BCUT2D eigenvalue weighted by atomic mass is 35.5. The number of hydrogen-bond donors (Lipinski definition) is 0. The molecule has 0 saturated heterocycles. The zero-order chi connectivity index (χ0) is 15.5. The largest absolute Gasteiger partial charge is 0.464 e. The van der Waals surface area contributed by atoms with Crippen molar-refractivity contribution in [1.82, 2.24) is 0 Å². The van der Waals surface area contributed by atoms with Crippen LogP contribution in [0.5, 0.6) is 5.75 Å². The van der Waals surface area contributed by atoms with Crippen LogP contribution in [0.2, 0.25) is 5.02 Å². The van der Waals surface area contributed by atoms with E-state index in [2.05, 4.69) is 6.92 Å². The molecule has 0 aliphatic carbocycles. The minimum absolute atomic E-state index is 0.267. The molecule has 116 valence electrons. The zero-order valence-corrected chi connectivity index (χ0v) is 12.7. The monoisotopic (exact) mass is 314 g/mol. The first-order valence-corrected chi connectivity index (χ1v) is 7.19. The molecule has 0 aliphatic heterocycles. The molecule has 5 nitrogen and oxygen atoms in total. The van der Waals surface area contributed by atoms with Crippen LogP contribution in [0, 0.1) is 0 Å². The summed E-state index contributed by atoms with van der Waals surface area (Å²) in [4.78, 5) is 22.7. The first-order valence-electron chi connectivity index (χ1n) is 6.81. The highest BCUT2D eigenvalue weighted by Crippen LogP contribution is 2.17. The van der Waals surface area contributed by atoms with E-state index < -0.39 is 11.9 Å². The molecule has 0 heterocycles. The van der Waals surface area contributed by atoms with Crippen LogP contribution >= 0.6 is 11.6 Å². The standard InChI is InChI=1S/C15H19ClO5/c1-2-3-4-8-20-14(17)10-19-11-15(18)21-13-7-5-6-12(16)9-13/h5-7,9H,2-4,8,10-11H2,1H3. The third-order valence-corrected chi connectivity index (χ3v) is 2.71. The molecule has 1 rings (SSSR count). The van der Waals surface area contributed by atoms with Gasteiger partial charge < -0.3 is 14.2 Å². The van der Waals surface area contributed by atoms with Crippen molar-refractivity contribution < 1.29 is 23.8 Å². The summed E-state index contributed by atoms with van der Waals surface area (Å²) in [6.07, 6.45) is 2.91. The zero-order valence-electron chi connectivity index (χ0n) is 12.0. The number of hydrogen-bond acceptors (Lipinski definition) is 5. The summed E-state index contributed by atoms with van der Waals surface area (Å²) in [6.45, 7) is 1.85. The summed E-state index contributed by atoms with van der Waals surface area (Å²) in [6, 6.07) is 6.45. The Morgan fingerprint density at radius 2 is 1.90 bits per heavy atom. The Morgan fingerprint density at radius 3 is 2.62 bits per heavy atom. The fourth-order valence-electron chi connectivity index (χ4n) is 1.49. The van der Waals surface area contributed by atoms with E-state index in [0.29, 0.717) is 17.4 Å². The fraction of sp³-hybridized carbons (Fsp3) is 0.467. The number of ether oxygens (including phenoxy) is 3. The van der Waals surface area contributed by atoms with E-state index in [9.17, 15) is 9.59 Å². The smallest absolute Gasteiger partial charge is 0.337 e. The Bertz CT molecular complexity index is 461. The maximum absolute atomic E-state index is 11.5. The lowest BCUT2D eigenvalue weighted by Crippen LogP contribution is -2.20.